The number of methoxy groups -OCH3 is 1. The van der Waals surface area contributed by atoms with Gasteiger partial charge < -0.3 is 10.1 Å². The van der Waals surface area contributed by atoms with E-state index in [-0.39, 0.29) is 6.04 Å². The van der Waals surface area contributed by atoms with E-state index in [1.165, 1.54) is 22.3 Å². The summed E-state index contributed by atoms with van der Waals surface area (Å²) >= 11 is 3.64. The summed E-state index contributed by atoms with van der Waals surface area (Å²) in [6, 6.07) is 12.9. The fourth-order valence-electron chi connectivity index (χ4n) is 2.78. The second-order valence-electron chi connectivity index (χ2n) is 5.31. The Morgan fingerprint density at radius 2 is 1.81 bits per heavy atom. The zero-order chi connectivity index (χ0) is 15.4. The summed E-state index contributed by atoms with van der Waals surface area (Å²) in [5, 5.41) is 3.45. The van der Waals surface area contributed by atoms with Crippen LogP contribution in [0, 0.1) is 13.8 Å². The van der Waals surface area contributed by atoms with Gasteiger partial charge in [0, 0.05) is 10.5 Å². The van der Waals surface area contributed by atoms with Crippen molar-refractivity contribution in [1.29, 1.82) is 0 Å². The van der Waals surface area contributed by atoms with Crippen LogP contribution >= 0.6 is 15.9 Å². The normalized spacial score (nSPS) is 12.2. The molecule has 2 rings (SSSR count). The fourth-order valence-corrected chi connectivity index (χ4v) is 3.19. The molecule has 0 saturated carbocycles. The van der Waals surface area contributed by atoms with Gasteiger partial charge in [0.2, 0.25) is 0 Å². The molecule has 0 amide bonds. The highest BCUT2D eigenvalue weighted by Crippen LogP contribution is 2.29. The van der Waals surface area contributed by atoms with Gasteiger partial charge >= 0.3 is 0 Å². The van der Waals surface area contributed by atoms with Crippen molar-refractivity contribution in [3.63, 3.8) is 0 Å². The van der Waals surface area contributed by atoms with Gasteiger partial charge in [0.25, 0.3) is 0 Å². The number of ether oxygens (including phenoxy) is 1. The monoisotopic (exact) mass is 347 g/mol. The Labute approximate surface area is 135 Å². The predicted octanol–water partition coefficient (Wildman–Crippen LogP) is 4.58. The quantitative estimate of drug-likeness (QED) is 0.854. The van der Waals surface area contributed by atoms with Gasteiger partial charge in [0.05, 0.1) is 7.11 Å². The SMILES string of the molecule is CNC(Cc1cc(OC)ccc1Br)c1c(C)cccc1C. The van der Waals surface area contributed by atoms with Crippen LogP contribution in [-0.4, -0.2) is 14.2 Å². The number of hydrogen-bond donors (Lipinski definition) is 1. The number of rotatable bonds is 5. The number of benzene rings is 2. The van der Waals surface area contributed by atoms with Crippen molar-refractivity contribution >= 4 is 15.9 Å². The molecule has 0 aliphatic heterocycles. The third-order valence-corrected chi connectivity index (χ3v) is 4.69. The van der Waals surface area contributed by atoms with Gasteiger partial charge in [-0.1, -0.05) is 34.1 Å². The Morgan fingerprint density at radius 1 is 1.14 bits per heavy atom. The summed E-state index contributed by atoms with van der Waals surface area (Å²) in [5.41, 5.74) is 5.29. The van der Waals surface area contributed by atoms with Crippen molar-refractivity contribution in [3.8, 4) is 5.75 Å². The Bertz CT molecular complexity index is 604. The highest BCUT2D eigenvalue weighted by atomic mass is 79.9. The van der Waals surface area contributed by atoms with Crippen molar-refractivity contribution < 1.29 is 4.74 Å². The van der Waals surface area contributed by atoms with Crippen LogP contribution < -0.4 is 10.1 Å². The van der Waals surface area contributed by atoms with Crippen molar-refractivity contribution in [1.82, 2.24) is 5.32 Å². The van der Waals surface area contributed by atoms with Gasteiger partial charge in [-0.15, -0.1) is 0 Å². The first-order valence-electron chi connectivity index (χ1n) is 7.12. The molecule has 1 atom stereocenters. The minimum atomic E-state index is 0.287. The molecule has 0 aliphatic carbocycles. The second kappa shape index (κ2) is 7.10. The lowest BCUT2D eigenvalue weighted by atomic mass is 9.92. The lowest BCUT2D eigenvalue weighted by Gasteiger charge is -2.22. The zero-order valence-corrected chi connectivity index (χ0v) is 14.6. The smallest absolute Gasteiger partial charge is 0.119 e. The number of hydrogen-bond acceptors (Lipinski definition) is 2. The summed E-state index contributed by atoms with van der Waals surface area (Å²) in [5.74, 6) is 0.893. The predicted molar refractivity (Wildman–Crippen MR) is 92.1 cm³/mol. The highest BCUT2D eigenvalue weighted by Gasteiger charge is 2.16. The standard InChI is InChI=1S/C18H22BrNO/c1-12-6-5-7-13(2)18(12)17(20-3)11-14-10-15(21-4)8-9-16(14)19/h5-10,17,20H,11H2,1-4H3. The molecule has 0 spiro atoms. The topological polar surface area (TPSA) is 21.3 Å². The van der Waals surface area contributed by atoms with Crippen LogP contribution in [0.15, 0.2) is 40.9 Å². The van der Waals surface area contributed by atoms with Crippen molar-refractivity contribution in [2.24, 2.45) is 0 Å². The van der Waals surface area contributed by atoms with E-state index in [0.717, 1.165) is 16.6 Å². The third kappa shape index (κ3) is 3.66. The number of nitrogens with one attached hydrogen (secondary N) is 1. The maximum atomic E-state index is 5.34. The molecule has 2 nitrogen and oxygen atoms in total. The summed E-state index contributed by atoms with van der Waals surface area (Å²) in [4.78, 5) is 0. The van der Waals surface area contributed by atoms with Crippen molar-refractivity contribution in [2.45, 2.75) is 26.3 Å². The Balaban J connectivity index is 2.36. The molecular formula is C18H22BrNO. The van der Waals surface area contributed by atoms with Crippen molar-refractivity contribution in [2.75, 3.05) is 14.2 Å². The van der Waals surface area contributed by atoms with E-state index in [0.29, 0.717) is 0 Å². The molecule has 21 heavy (non-hydrogen) atoms. The van der Waals surface area contributed by atoms with Gasteiger partial charge in [-0.25, -0.2) is 0 Å². The first-order valence-corrected chi connectivity index (χ1v) is 7.92. The number of likely N-dealkylation sites (N-methyl/N-ethyl adjacent to an activating group) is 1. The van der Waals surface area contributed by atoms with Gasteiger partial charge in [-0.2, -0.15) is 0 Å². The van der Waals surface area contributed by atoms with E-state index in [4.69, 9.17) is 4.74 Å². The average Bonchev–Trinajstić information content (AvgIpc) is 2.47. The van der Waals surface area contributed by atoms with Crippen LogP contribution in [-0.2, 0) is 6.42 Å². The van der Waals surface area contributed by atoms with E-state index in [1.54, 1.807) is 7.11 Å². The molecule has 0 fully saturated rings. The van der Waals surface area contributed by atoms with Crippen LogP contribution in [0.4, 0.5) is 0 Å². The van der Waals surface area contributed by atoms with E-state index < -0.39 is 0 Å². The van der Waals surface area contributed by atoms with E-state index in [2.05, 4.69) is 59.4 Å². The van der Waals surface area contributed by atoms with Gasteiger partial charge in [0.15, 0.2) is 0 Å². The summed E-state index contributed by atoms with van der Waals surface area (Å²) in [6.07, 6.45) is 0.917. The molecule has 1 N–H and O–H groups in total. The van der Waals surface area contributed by atoms with Gasteiger partial charge in [-0.05, 0) is 67.8 Å². The van der Waals surface area contributed by atoms with Crippen LogP contribution in [0.25, 0.3) is 0 Å². The molecule has 3 heteroatoms. The summed E-state index contributed by atoms with van der Waals surface area (Å²) in [7, 11) is 3.72. The molecule has 2 aromatic carbocycles. The highest BCUT2D eigenvalue weighted by molar-refractivity contribution is 9.10. The Morgan fingerprint density at radius 3 is 2.38 bits per heavy atom. The fraction of sp³-hybridized carbons (Fsp3) is 0.333. The van der Waals surface area contributed by atoms with Crippen LogP contribution in [0.5, 0.6) is 5.75 Å². The molecule has 0 aliphatic rings. The largest absolute Gasteiger partial charge is 0.497 e. The van der Waals surface area contributed by atoms with Crippen LogP contribution in [0.3, 0.4) is 0 Å². The lowest BCUT2D eigenvalue weighted by molar-refractivity contribution is 0.413. The van der Waals surface area contributed by atoms with E-state index in [9.17, 15) is 0 Å². The number of halogens is 1. The molecule has 1 unspecified atom stereocenters. The van der Waals surface area contributed by atoms with Gasteiger partial charge in [0.1, 0.15) is 5.75 Å². The Kier molecular flexibility index (Phi) is 5.43. The maximum absolute atomic E-state index is 5.34. The van der Waals surface area contributed by atoms with Crippen LogP contribution in [0.1, 0.15) is 28.3 Å². The molecule has 0 aromatic heterocycles. The van der Waals surface area contributed by atoms with Gasteiger partial charge in [-0.3, -0.25) is 0 Å². The zero-order valence-electron chi connectivity index (χ0n) is 13.0. The summed E-state index contributed by atoms with van der Waals surface area (Å²) in [6.45, 7) is 4.35. The second-order valence-corrected chi connectivity index (χ2v) is 6.16. The average molecular weight is 348 g/mol. The third-order valence-electron chi connectivity index (χ3n) is 3.92. The molecule has 0 heterocycles. The van der Waals surface area contributed by atoms with E-state index >= 15 is 0 Å². The molecule has 112 valence electrons. The maximum Gasteiger partial charge on any atom is 0.119 e. The molecular weight excluding hydrogens is 326 g/mol. The molecule has 2 aromatic rings. The minimum Gasteiger partial charge on any atom is -0.497 e. The molecule has 0 radical (unpaired) electrons. The van der Waals surface area contributed by atoms with Crippen molar-refractivity contribution in [3.05, 3.63) is 63.1 Å². The first-order chi connectivity index (χ1) is 10.1. The minimum absolute atomic E-state index is 0.287. The number of aryl methyl sites for hydroxylation is 2. The Hall–Kier alpha value is -1.32. The molecule has 0 bridgehead atoms. The molecule has 0 saturated heterocycles. The van der Waals surface area contributed by atoms with Crippen LogP contribution in [0.2, 0.25) is 0 Å². The lowest BCUT2D eigenvalue weighted by Crippen LogP contribution is -2.21. The first kappa shape index (κ1) is 16.1. The van der Waals surface area contributed by atoms with E-state index in [1.807, 2.05) is 19.2 Å². The summed E-state index contributed by atoms with van der Waals surface area (Å²) < 4.78 is 6.46.